The molecule has 2 aliphatic rings. The number of nitrogens with one attached hydrogen (secondary N) is 2. The third-order valence-corrected chi connectivity index (χ3v) is 9.62. The van der Waals surface area contributed by atoms with Crippen molar-refractivity contribution in [1.82, 2.24) is 0 Å². The first-order valence-corrected chi connectivity index (χ1v) is 22.3. The second-order valence-electron chi connectivity index (χ2n) is 14.6. The molecule has 0 bridgehead atoms. The van der Waals surface area contributed by atoms with E-state index in [2.05, 4.69) is 10.6 Å². The van der Waals surface area contributed by atoms with Crippen molar-refractivity contribution in [3.05, 3.63) is 201 Å². The average Bonchev–Trinajstić information content (AvgIpc) is 3.17. The number of hydrogen-bond acceptors (Lipinski definition) is 4. The van der Waals surface area contributed by atoms with Crippen molar-refractivity contribution in [2.75, 3.05) is 10.6 Å². The Hall–Kier alpha value is -4.87. The predicted octanol–water partition coefficient (Wildman–Crippen LogP) is 13.0. The molecule has 0 amide bonds. The molecule has 0 unspecified atom stereocenters. The van der Waals surface area contributed by atoms with Crippen LogP contribution in [-0.2, 0) is 37.5 Å². The van der Waals surface area contributed by atoms with Gasteiger partial charge in [-0.3, -0.25) is 9.59 Å². The molecule has 0 aromatic heterocycles. The summed E-state index contributed by atoms with van der Waals surface area (Å²) in [5.41, 5.74) is 3.19. The standard InChI is InChI=1S/2C23H20F3NO.2ClH.Ti/c2*1-14-9-15(13-27-21-19(25)11-17(24)12-20(21)26)22(28)18(10-14)23(2,3)16-7-5-4-6-8-16;;;/h2*4-13,27H,1-3H3;2*1H;/q;;;;+2/p-2/b15-13+;15-13-;;;. The van der Waals surface area contributed by atoms with Gasteiger partial charge in [-0.15, -0.1) is 0 Å². The van der Waals surface area contributed by atoms with Gasteiger partial charge < -0.3 is 10.6 Å². The van der Waals surface area contributed by atoms with Gasteiger partial charge in [-0.05, 0) is 48.3 Å². The molecule has 0 saturated heterocycles. The number of benzene rings is 4. The number of halogens is 8. The molecule has 13 heteroatoms. The fraction of sp³-hybridized carbons (Fsp3) is 0.174. The van der Waals surface area contributed by atoms with Crippen LogP contribution in [0, 0.1) is 34.9 Å². The fourth-order valence-electron chi connectivity index (χ4n) is 6.43. The number of carbonyl (C=O) groups is 2. The van der Waals surface area contributed by atoms with Gasteiger partial charge in [0.15, 0.2) is 34.8 Å². The van der Waals surface area contributed by atoms with Gasteiger partial charge >= 0.3 is 35.6 Å². The van der Waals surface area contributed by atoms with E-state index in [0.29, 0.717) is 35.4 Å². The molecule has 4 nitrogen and oxygen atoms in total. The number of Topliss-reactive ketones (excluding diaryl/α,β-unsaturated/α-hetero) is 2. The Morgan fingerprint density at radius 3 is 1.10 bits per heavy atom. The monoisotopic (exact) mass is 884 g/mol. The van der Waals surface area contributed by atoms with E-state index in [1.807, 2.05) is 114 Å². The maximum absolute atomic E-state index is 13.8. The molecule has 0 heterocycles. The third kappa shape index (κ3) is 11.7. The van der Waals surface area contributed by atoms with Crippen LogP contribution in [0.4, 0.5) is 37.7 Å². The summed E-state index contributed by atoms with van der Waals surface area (Å²) in [5, 5.41) is 4.94. The molecular formula is C46H40Cl2F6N2O2Ti. The molecule has 4 aromatic carbocycles. The first kappa shape index (κ1) is 46.8. The van der Waals surface area contributed by atoms with Crippen molar-refractivity contribution in [3.8, 4) is 0 Å². The zero-order valence-corrected chi connectivity index (χ0v) is 36.0. The molecule has 0 saturated carbocycles. The Morgan fingerprint density at radius 2 is 0.814 bits per heavy atom. The minimum atomic E-state index is -1.07. The van der Waals surface area contributed by atoms with E-state index < -0.39 is 74.1 Å². The molecule has 306 valence electrons. The number of hydrogen-bond donors (Lipinski definition) is 2. The molecule has 2 N–H and O–H groups in total. The van der Waals surface area contributed by atoms with Gasteiger partial charge in [-0.2, -0.15) is 0 Å². The van der Waals surface area contributed by atoms with E-state index in [1.165, 1.54) is 12.4 Å². The molecule has 0 radical (unpaired) electrons. The van der Waals surface area contributed by atoms with Gasteiger partial charge in [0, 0.05) is 69.8 Å². The summed E-state index contributed by atoms with van der Waals surface area (Å²) >= 11 is -0.556. The minimum absolute atomic E-state index is 0.241. The first-order chi connectivity index (χ1) is 27.8. The van der Waals surface area contributed by atoms with Crippen molar-refractivity contribution in [1.29, 1.82) is 0 Å². The van der Waals surface area contributed by atoms with Crippen LogP contribution in [-0.4, -0.2) is 11.6 Å². The van der Waals surface area contributed by atoms with E-state index in [4.69, 9.17) is 18.6 Å². The molecule has 59 heavy (non-hydrogen) atoms. The van der Waals surface area contributed by atoms with Crippen molar-refractivity contribution < 1.29 is 53.0 Å². The number of carbonyl (C=O) groups excluding carboxylic acids is 2. The number of anilines is 2. The molecule has 0 atom stereocenters. The summed E-state index contributed by atoms with van der Waals surface area (Å²) in [5.74, 6) is -6.78. The summed E-state index contributed by atoms with van der Waals surface area (Å²) in [6, 6.07) is 21.6. The van der Waals surface area contributed by atoms with Crippen molar-refractivity contribution in [3.63, 3.8) is 0 Å². The van der Waals surface area contributed by atoms with Gasteiger partial charge in [0.25, 0.3) is 0 Å². The van der Waals surface area contributed by atoms with Crippen LogP contribution in [0.1, 0.15) is 52.7 Å². The van der Waals surface area contributed by atoms with Crippen LogP contribution in [0.25, 0.3) is 0 Å². The third-order valence-electron chi connectivity index (χ3n) is 9.62. The SMILES string of the molecule is CC1=C/C(=C/Nc2c(F)cc(F)cc2F)C(=O)C(C(C)(C)c2ccccc2)=C1.CC1=C/C(=C\Nc2c(F)cc(F)cc2F)C(=O)C(C(C)(C)c2ccccc2)=C1.[Cl][Ti][Cl]. The Morgan fingerprint density at radius 1 is 0.525 bits per heavy atom. The van der Waals surface area contributed by atoms with Crippen molar-refractivity contribution in [2.45, 2.75) is 52.4 Å². The number of ketones is 2. The zero-order chi connectivity index (χ0) is 43.7. The number of rotatable bonds is 8. The van der Waals surface area contributed by atoms with Crippen LogP contribution in [0.3, 0.4) is 0 Å². The summed E-state index contributed by atoms with van der Waals surface area (Å²) in [7, 11) is 9.78. The quantitative estimate of drug-likeness (QED) is 0.105. The molecular weight excluding hydrogens is 845 g/mol. The van der Waals surface area contributed by atoms with Crippen LogP contribution < -0.4 is 10.6 Å². The number of allylic oxidation sites excluding steroid dienone is 10. The van der Waals surface area contributed by atoms with Gasteiger partial charge in [0.1, 0.15) is 23.0 Å². The molecule has 0 aliphatic heterocycles. The molecule has 6 rings (SSSR count). The zero-order valence-electron chi connectivity index (χ0n) is 32.9. The molecule has 4 aromatic rings. The van der Waals surface area contributed by atoms with Crippen LogP contribution >= 0.6 is 18.6 Å². The van der Waals surface area contributed by atoms with E-state index >= 15 is 0 Å². The maximum atomic E-state index is 13.8. The first-order valence-electron chi connectivity index (χ1n) is 18.0. The van der Waals surface area contributed by atoms with E-state index in [0.717, 1.165) is 22.3 Å². The van der Waals surface area contributed by atoms with Gasteiger partial charge in [-0.1, -0.05) is 101 Å². The molecule has 2 aliphatic carbocycles. The van der Waals surface area contributed by atoms with Gasteiger partial charge in [0.2, 0.25) is 0 Å². The van der Waals surface area contributed by atoms with E-state index in [1.54, 1.807) is 12.2 Å². The van der Waals surface area contributed by atoms with E-state index in [9.17, 15) is 35.9 Å². The van der Waals surface area contributed by atoms with Crippen LogP contribution in [0.2, 0.25) is 0 Å². The Labute approximate surface area is 356 Å². The predicted molar refractivity (Wildman–Crippen MR) is 220 cm³/mol. The van der Waals surface area contributed by atoms with Crippen molar-refractivity contribution in [2.24, 2.45) is 0 Å². The normalized spacial score (nSPS) is 15.5. The van der Waals surface area contributed by atoms with Crippen molar-refractivity contribution >= 4 is 41.6 Å². The van der Waals surface area contributed by atoms with Crippen LogP contribution in [0.5, 0.6) is 0 Å². The van der Waals surface area contributed by atoms with Crippen LogP contribution in [0.15, 0.2) is 155 Å². The Bertz CT molecular complexity index is 2190. The second-order valence-corrected chi connectivity index (χ2v) is 17.2. The Balaban J connectivity index is 0.000000244. The van der Waals surface area contributed by atoms with E-state index in [-0.39, 0.29) is 22.7 Å². The van der Waals surface area contributed by atoms with Gasteiger partial charge in [-0.25, -0.2) is 26.3 Å². The summed E-state index contributed by atoms with van der Waals surface area (Å²) in [6.07, 6.45) is 9.43. The van der Waals surface area contributed by atoms with Gasteiger partial charge in [0.05, 0.1) is 0 Å². The summed E-state index contributed by atoms with van der Waals surface area (Å²) in [6.45, 7) is 11.5. The average molecular weight is 886 g/mol. The summed E-state index contributed by atoms with van der Waals surface area (Å²) in [4.78, 5) is 26.1. The molecule has 0 fully saturated rings. The second kappa shape index (κ2) is 20.4. The Kier molecular flexibility index (Phi) is 16.2. The summed E-state index contributed by atoms with van der Waals surface area (Å²) < 4.78 is 81.5. The topological polar surface area (TPSA) is 58.2 Å². The molecule has 0 spiro atoms. The fourth-order valence-corrected chi connectivity index (χ4v) is 6.43.